The summed E-state index contributed by atoms with van der Waals surface area (Å²) >= 11 is 0.257. The SMILES string of the molecule is [CH3][Ni]([c]1cccc2c1Cc1ccccc1-2)[PH](C1CCCCC1)(C1CCCCC1)C1CCCCC1. The third-order valence-electron chi connectivity index (χ3n) is 10.0. The molecule has 4 aliphatic rings. The zero-order valence-corrected chi connectivity index (χ0v) is 23.4. The van der Waals surface area contributed by atoms with Crippen LogP contribution in [0.5, 0.6) is 0 Å². The van der Waals surface area contributed by atoms with E-state index in [0.717, 1.165) is 17.0 Å². The van der Waals surface area contributed by atoms with Gasteiger partial charge in [-0.1, -0.05) is 0 Å². The first-order chi connectivity index (χ1) is 16.8. The van der Waals surface area contributed by atoms with Crippen LogP contribution in [0.3, 0.4) is 0 Å². The Morgan fingerprint density at radius 2 is 1.09 bits per heavy atom. The Bertz CT molecular complexity index is 933. The van der Waals surface area contributed by atoms with E-state index in [4.69, 9.17) is 0 Å². The third-order valence-corrected chi connectivity index (χ3v) is 25.6. The molecular weight excluding hydrogens is 474 g/mol. The van der Waals surface area contributed by atoms with Crippen LogP contribution < -0.4 is 4.53 Å². The first kappa shape index (κ1) is 23.7. The standard InChI is InChI=1S/C18H33P.C13H9.CH3.Ni/c1-4-10-16(11-5-1)19(17-12-6-2-7-13-17)18-14-8-3-9-15-18;1-3-7-12-10(5-1)9-11-6-2-4-8-13(11)12;;/h16-18H,1-15H2;1-5,7-8H,9H2;1H3;/q;;;-1/p+1. The molecule has 0 unspecified atom stereocenters. The fraction of sp³-hybridized carbons (Fsp3) is 0.625. The maximum atomic E-state index is 2.82. The van der Waals surface area contributed by atoms with Crippen LogP contribution >= 0.6 is 6.04 Å². The van der Waals surface area contributed by atoms with Crippen molar-refractivity contribution in [3.05, 3.63) is 53.6 Å². The van der Waals surface area contributed by atoms with Crippen molar-refractivity contribution in [2.45, 2.75) is 126 Å². The molecule has 0 atom stereocenters. The molecular formula is C32H46NiP. The van der Waals surface area contributed by atoms with Crippen LogP contribution in [-0.2, 0) is 19.4 Å². The molecule has 6 rings (SSSR count). The van der Waals surface area contributed by atoms with Gasteiger partial charge < -0.3 is 0 Å². The van der Waals surface area contributed by atoms with Gasteiger partial charge in [-0.25, -0.2) is 0 Å². The van der Waals surface area contributed by atoms with Crippen molar-refractivity contribution in [3.63, 3.8) is 0 Å². The van der Waals surface area contributed by atoms with Crippen LogP contribution in [0.25, 0.3) is 11.1 Å². The van der Waals surface area contributed by atoms with Crippen molar-refractivity contribution in [1.82, 2.24) is 0 Å². The Morgan fingerprint density at radius 3 is 1.65 bits per heavy atom. The van der Waals surface area contributed by atoms with Gasteiger partial charge in [0.15, 0.2) is 0 Å². The van der Waals surface area contributed by atoms with Crippen molar-refractivity contribution in [2.24, 2.45) is 0 Å². The number of rotatable bonds is 5. The summed E-state index contributed by atoms with van der Waals surface area (Å²) in [5.74, 6) is 2.82. The third kappa shape index (κ3) is 4.06. The van der Waals surface area contributed by atoms with Crippen molar-refractivity contribution in [2.75, 3.05) is 0 Å². The molecule has 0 radical (unpaired) electrons. The van der Waals surface area contributed by atoms with E-state index in [1.54, 1.807) is 55.2 Å². The molecule has 0 heterocycles. The van der Waals surface area contributed by atoms with Crippen LogP contribution in [-0.4, -0.2) is 17.0 Å². The monoisotopic (exact) mass is 519 g/mol. The van der Waals surface area contributed by atoms with E-state index in [0.29, 0.717) is 0 Å². The summed E-state index contributed by atoms with van der Waals surface area (Å²) in [5.41, 5.74) is 9.73. The van der Waals surface area contributed by atoms with E-state index in [2.05, 4.69) is 48.4 Å². The van der Waals surface area contributed by atoms with Gasteiger partial charge in [0.05, 0.1) is 0 Å². The first-order valence-corrected chi connectivity index (χ1v) is 19.5. The molecule has 0 amide bonds. The second-order valence-corrected chi connectivity index (χ2v) is 22.0. The minimum atomic E-state index is -1.54. The summed E-state index contributed by atoms with van der Waals surface area (Å²) in [4.78, 5) is 0. The second-order valence-electron chi connectivity index (χ2n) is 11.7. The van der Waals surface area contributed by atoms with E-state index >= 15 is 0 Å². The topological polar surface area (TPSA) is 0 Å². The van der Waals surface area contributed by atoms with Crippen LogP contribution in [0.1, 0.15) is 107 Å². The van der Waals surface area contributed by atoms with E-state index in [9.17, 15) is 0 Å². The average molecular weight is 520 g/mol. The van der Waals surface area contributed by atoms with Crippen molar-refractivity contribution >= 4 is 10.6 Å². The molecule has 0 spiro atoms. The van der Waals surface area contributed by atoms with Crippen LogP contribution in [0.15, 0.2) is 42.5 Å². The summed E-state index contributed by atoms with van der Waals surface area (Å²) in [6.45, 7) is 0. The number of benzene rings is 2. The first-order valence-electron chi connectivity index (χ1n) is 14.5. The Kier molecular flexibility index (Phi) is 7.25. The number of hydrogen-bond acceptors (Lipinski definition) is 0. The Morgan fingerprint density at radius 1 is 0.588 bits per heavy atom. The minimum absolute atomic E-state index is 0.257. The van der Waals surface area contributed by atoms with E-state index < -0.39 is 6.04 Å². The summed E-state index contributed by atoms with van der Waals surface area (Å²) in [6.07, 6.45) is 24.3. The molecule has 4 aliphatic carbocycles. The van der Waals surface area contributed by atoms with Gasteiger partial charge >= 0.3 is 214 Å². The predicted molar refractivity (Wildman–Crippen MR) is 149 cm³/mol. The molecule has 2 aromatic rings. The molecule has 0 aromatic heterocycles. The molecule has 0 bridgehead atoms. The molecule has 2 heteroatoms. The van der Waals surface area contributed by atoms with Gasteiger partial charge in [0.25, 0.3) is 0 Å². The molecule has 0 saturated heterocycles. The molecule has 0 nitrogen and oxygen atoms in total. The molecule has 0 N–H and O–H groups in total. The normalized spacial score (nSPS) is 23.4. The van der Waals surface area contributed by atoms with E-state index in [-0.39, 0.29) is 13.0 Å². The van der Waals surface area contributed by atoms with Crippen LogP contribution in [0, 0.1) is 0 Å². The van der Waals surface area contributed by atoms with Crippen molar-refractivity contribution in [3.8, 4) is 11.1 Å². The Balaban J connectivity index is 1.49. The van der Waals surface area contributed by atoms with Gasteiger partial charge in [-0.05, 0) is 0 Å². The van der Waals surface area contributed by atoms with Crippen molar-refractivity contribution in [1.29, 1.82) is 0 Å². The predicted octanol–water partition coefficient (Wildman–Crippen LogP) is 9.21. The number of fused-ring (bicyclic) bond motifs is 3. The maximum absolute atomic E-state index is 2.82. The summed E-state index contributed by atoms with van der Waals surface area (Å²) in [7, 11) is 0. The average Bonchev–Trinajstić information content (AvgIpc) is 3.30. The summed E-state index contributed by atoms with van der Waals surface area (Å²) < 4.78 is 1.84. The van der Waals surface area contributed by atoms with Crippen molar-refractivity contribution < 1.29 is 13.0 Å². The van der Waals surface area contributed by atoms with Crippen LogP contribution in [0.4, 0.5) is 0 Å². The molecule has 3 saturated carbocycles. The quantitative estimate of drug-likeness (QED) is 0.232. The van der Waals surface area contributed by atoms with Gasteiger partial charge in [0.1, 0.15) is 0 Å². The van der Waals surface area contributed by atoms with Crippen LogP contribution in [0.2, 0.25) is 5.89 Å². The molecule has 189 valence electrons. The zero-order chi connectivity index (χ0) is 23.0. The summed E-state index contributed by atoms with van der Waals surface area (Å²) in [5, 5.41) is 0. The number of hydrogen-bond donors (Lipinski definition) is 0. The molecule has 0 aliphatic heterocycles. The van der Waals surface area contributed by atoms with Gasteiger partial charge in [0, 0.05) is 0 Å². The summed E-state index contributed by atoms with van der Waals surface area (Å²) in [6, 6.07) is 15.2. The van der Waals surface area contributed by atoms with E-state index in [1.165, 1.54) is 69.8 Å². The van der Waals surface area contributed by atoms with Gasteiger partial charge in [0.2, 0.25) is 0 Å². The van der Waals surface area contributed by atoms with Gasteiger partial charge in [-0.15, -0.1) is 0 Å². The Labute approximate surface area is 213 Å². The van der Waals surface area contributed by atoms with Gasteiger partial charge in [-0.2, -0.15) is 0 Å². The second kappa shape index (κ2) is 10.4. The molecule has 34 heavy (non-hydrogen) atoms. The van der Waals surface area contributed by atoms with Gasteiger partial charge in [-0.3, -0.25) is 0 Å². The zero-order valence-electron chi connectivity index (χ0n) is 21.4. The van der Waals surface area contributed by atoms with E-state index in [1.807, 2.05) is 4.53 Å². The fourth-order valence-electron chi connectivity index (χ4n) is 8.63. The fourth-order valence-corrected chi connectivity index (χ4v) is 26.9. The molecule has 2 aromatic carbocycles. The Hall–Kier alpha value is -0.636. The molecule has 3 fully saturated rings.